The summed E-state index contributed by atoms with van der Waals surface area (Å²) in [6.07, 6.45) is 1.71. The number of amides is 1. The van der Waals surface area contributed by atoms with Gasteiger partial charge in [0.15, 0.2) is 5.78 Å². The Labute approximate surface area is 181 Å². The average molecular weight is 476 g/mol. The van der Waals surface area contributed by atoms with E-state index in [0.717, 1.165) is 28.8 Å². The highest BCUT2D eigenvalue weighted by Crippen LogP contribution is 2.38. The number of hydrogen-bond acceptors (Lipinski definition) is 3. The van der Waals surface area contributed by atoms with Crippen LogP contribution in [0, 0.1) is 18.6 Å². The van der Waals surface area contributed by atoms with Gasteiger partial charge in [0.2, 0.25) is 0 Å². The molecule has 7 heteroatoms. The molecule has 1 N–H and O–H groups in total. The number of ketones is 1. The monoisotopic (exact) mass is 475 g/mol. The van der Waals surface area contributed by atoms with Crippen LogP contribution in [0.3, 0.4) is 0 Å². The van der Waals surface area contributed by atoms with Crippen molar-refractivity contribution in [2.45, 2.75) is 26.4 Å². The third kappa shape index (κ3) is 4.36. The van der Waals surface area contributed by atoms with Crippen molar-refractivity contribution in [3.63, 3.8) is 0 Å². The largest absolute Gasteiger partial charge is 0.487 e. The van der Waals surface area contributed by atoms with Crippen LogP contribution in [-0.2, 0) is 16.1 Å². The Kier molecular flexibility index (Phi) is 6.51. The number of benzene rings is 2. The summed E-state index contributed by atoms with van der Waals surface area (Å²) in [5.74, 6) is -2.13. The molecular weight excluding hydrogens is 456 g/mol. The molecule has 0 saturated carbocycles. The standard InChI is InChI=1S/C23H20BrF2NO3/c1-12-4-5-14(23(29)27-3)9-17(12)20-13(2)8-19(21(24)22(20)28)30-11-15-6-7-16(25)10-18(15)26/h4-10,20H,11H2,1-3H3,(H,27,29). The number of ether oxygens (including phenoxy) is 1. The van der Waals surface area contributed by atoms with E-state index in [1.807, 2.05) is 6.92 Å². The van der Waals surface area contributed by atoms with Crippen molar-refractivity contribution in [3.8, 4) is 0 Å². The molecule has 2 aromatic carbocycles. The van der Waals surface area contributed by atoms with E-state index in [4.69, 9.17) is 4.74 Å². The van der Waals surface area contributed by atoms with Gasteiger partial charge in [0.05, 0.1) is 5.92 Å². The zero-order valence-electron chi connectivity index (χ0n) is 16.7. The molecular formula is C23H20BrF2NO3. The third-order valence-electron chi connectivity index (χ3n) is 4.99. The van der Waals surface area contributed by atoms with Crippen LogP contribution in [0.2, 0.25) is 0 Å². The molecule has 1 atom stereocenters. The molecule has 0 aromatic heterocycles. The van der Waals surface area contributed by atoms with E-state index in [1.165, 1.54) is 6.07 Å². The first-order valence-electron chi connectivity index (χ1n) is 9.24. The van der Waals surface area contributed by atoms with Gasteiger partial charge < -0.3 is 10.1 Å². The summed E-state index contributed by atoms with van der Waals surface area (Å²) in [5.41, 5.74) is 2.99. The quantitative estimate of drug-likeness (QED) is 0.656. The predicted molar refractivity (Wildman–Crippen MR) is 113 cm³/mol. The molecule has 3 rings (SSSR count). The van der Waals surface area contributed by atoms with Crippen molar-refractivity contribution >= 4 is 27.6 Å². The topological polar surface area (TPSA) is 55.4 Å². The first-order chi connectivity index (χ1) is 14.2. The minimum atomic E-state index is -0.714. The average Bonchev–Trinajstić information content (AvgIpc) is 2.71. The van der Waals surface area contributed by atoms with Gasteiger partial charge in [-0.3, -0.25) is 9.59 Å². The maximum atomic E-state index is 13.9. The third-order valence-corrected chi connectivity index (χ3v) is 5.77. The SMILES string of the molecule is CNC(=O)c1ccc(C)c(C2C(=O)C(Br)=C(OCc3ccc(F)cc3F)C=C2C)c1. The Morgan fingerprint density at radius 3 is 2.57 bits per heavy atom. The number of rotatable bonds is 5. The van der Waals surface area contributed by atoms with Gasteiger partial charge in [-0.15, -0.1) is 0 Å². The van der Waals surface area contributed by atoms with E-state index in [9.17, 15) is 18.4 Å². The molecule has 1 aliphatic rings. The van der Waals surface area contributed by atoms with E-state index in [2.05, 4.69) is 21.2 Å². The highest BCUT2D eigenvalue weighted by atomic mass is 79.9. The van der Waals surface area contributed by atoms with Crippen molar-refractivity contribution in [1.29, 1.82) is 0 Å². The molecule has 0 fully saturated rings. The van der Waals surface area contributed by atoms with Crippen LogP contribution in [0.5, 0.6) is 0 Å². The lowest BCUT2D eigenvalue weighted by Crippen LogP contribution is -2.22. The number of nitrogens with one attached hydrogen (secondary N) is 1. The van der Waals surface area contributed by atoms with Crippen molar-refractivity contribution in [3.05, 3.63) is 92.2 Å². The van der Waals surface area contributed by atoms with Crippen LogP contribution in [0.15, 0.2) is 58.3 Å². The van der Waals surface area contributed by atoms with E-state index in [0.29, 0.717) is 5.56 Å². The molecule has 0 bridgehead atoms. The van der Waals surface area contributed by atoms with Crippen LogP contribution >= 0.6 is 15.9 Å². The molecule has 0 heterocycles. The molecule has 4 nitrogen and oxygen atoms in total. The zero-order valence-corrected chi connectivity index (χ0v) is 18.3. The summed E-state index contributed by atoms with van der Waals surface area (Å²) in [6, 6.07) is 8.47. The molecule has 1 unspecified atom stereocenters. The highest BCUT2D eigenvalue weighted by Gasteiger charge is 2.32. The number of halogens is 3. The number of aryl methyl sites for hydroxylation is 1. The summed E-state index contributed by atoms with van der Waals surface area (Å²) in [6.45, 7) is 3.53. The number of carbonyl (C=O) groups excluding carboxylic acids is 2. The molecule has 0 saturated heterocycles. The Hall–Kier alpha value is -2.80. The summed E-state index contributed by atoms with van der Waals surface area (Å²) in [4.78, 5) is 25.1. The summed E-state index contributed by atoms with van der Waals surface area (Å²) in [5, 5.41) is 2.58. The summed E-state index contributed by atoms with van der Waals surface area (Å²) >= 11 is 3.30. The van der Waals surface area contributed by atoms with Crippen LogP contribution in [-0.4, -0.2) is 18.7 Å². The van der Waals surface area contributed by atoms with Crippen molar-refractivity contribution in [2.75, 3.05) is 7.05 Å². The van der Waals surface area contributed by atoms with Gasteiger partial charge in [-0.2, -0.15) is 0 Å². The molecule has 1 aliphatic carbocycles. The molecule has 0 aliphatic heterocycles. The van der Waals surface area contributed by atoms with Gasteiger partial charge in [0, 0.05) is 24.2 Å². The summed E-state index contributed by atoms with van der Waals surface area (Å²) < 4.78 is 32.8. The first-order valence-corrected chi connectivity index (χ1v) is 10.0. The fourth-order valence-corrected chi connectivity index (χ4v) is 3.79. The number of allylic oxidation sites excluding steroid dienone is 3. The van der Waals surface area contributed by atoms with Gasteiger partial charge in [0.25, 0.3) is 5.91 Å². The minimum absolute atomic E-state index is 0.149. The lowest BCUT2D eigenvalue weighted by atomic mass is 9.82. The second-order valence-electron chi connectivity index (χ2n) is 7.04. The van der Waals surface area contributed by atoms with Crippen molar-refractivity contribution in [2.24, 2.45) is 0 Å². The van der Waals surface area contributed by atoms with Gasteiger partial charge in [0.1, 0.15) is 28.5 Å². The van der Waals surface area contributed by atoms with Gasteiger partial charge in [-0.25, -0.2) is 8.78 Å². The van der Waals surface area contributed by atoms with Crippen LogP contribution in [0.4, 0.5) is 8.78 Å². The van der Waals surface area contributed by atoms with Crippen molar-refractivity contribution in [1.82, 2.24) is 5.32 Å². The predicted octanol–water partition coefficient (Wildman–Crippen LogP) is 5.07. The number of carbonyl (C=O) groups is 2. The maximum absolute atomic E-state index is 13.9. The normalized spacial score (nSPS) is 16.4. The Morgan fingerprint density at radius 1 is 1.17 bits per heavy atom. The molecule has 1 amide bonds. The van der Waals surface area contributed by atoms with Gasteiger partial charge in [-0.1, -0.05) is 11.6 Å². The van der Waals surface area contributed by atoms with E-state index < -0.39 is 17.6 Å². The number of hydrogen-bond donors (Lipinski definition) is 1. The fourth-order valence-electron chi connectivity index (χ4n) is 3.33. The fraction of sp³-hybridized carbons (Fsp3) is 0.217. The van der Waals surface area contributed by atoms with Crippen molar-refractivity contribution < 1.29 is 23.1 Å². The van der Waals surface area contributed by atoms with Crippen LogP contribution < -0.4 is 5.32 Å². The Balaban J connectivity index is 1.88. The minimum Gasteiger partial charge on any atom is -0.487 e. The Bertz CT molecular complexity index is 1090. The first kappa shape index (κ1) is 21.9. The lowest BCUT2D eigenvalue weighted by Gasteiger charge is -2.25. The molecule has 2 aromatic rings. The smallest absolute Gasteiger partial charge is 0.251 e. The summed E-state index contributed by atoms with van der Waals surface area (Å²) in [7, 11) is 1.55. The van der Waals surface area contributed by atoms with Crippen LogP contribution in [0.1, 0.15) is 39.9 Å². The zero-order chi connectivity index (χ0) is 22.0. The highest BCUT2D eigenvalue weighted by molar-refractivity contribution is 9.12. The molecule has 0 spiro atoms. The molecule has 30 heavy (non-hydrogen) atoms. The lowest BCUT2D eigenvalue weighted by molar-refractivity contribution is -0.115. The second-order valence-corrected chi connectivity index (χ2v) is 7.83. The van der Waals surface area contributed by atoms with E-state index >= 15 is 0 Å². The van der Waals surface area contributed by atoms with Gasteiger partial charge >= 0.3 is 0 Å². The molecule has 0 radical (unpaired) electrons. The van der Waals surface area contributed by atoms with Gasteiger partial charge in [-0.05, 0) is 71.2 Å². The van der Waals surface area contributed by atoms with E-state index in [1.54, 1.807) is 38.2 Å². The van der Waals surface area contributed by atoms with Crippen LogP contribution in [0.25, 0.3) is 0 Å². The second kappa shape index (κ2) is 8.92. The molecule has 156 valence electrons. The number of Topliss-reactive ketones (excluding diaryl/α,β-unsaturated/α-hetero) is 1. The Morgan fingerprint density at radius 2 is 1.90 bits per heavy atom. The maximum Gasteiger partial charge on any atom is 0.251 e. The van der Waals surface area contributed by atoms with E-state index in [-0.39, 0.29) is 34.1 Å².